The lowest BCUT2D eigenvalue weighted by Crippen LogP contribution is -2.53. The van der Waals surface area contributed by atoms with Crippen LogP contribution in [0.2, 0.25) is 0 Å². The summed E-state index contributed by atoms with van der Waals surface area (Å²) in [5.41, 5.74) is 4.82. The number of hydrogen-bond donors (Lipinski definition) is 3. The molecule has 9 nitrogen and oxygen atoms in total. The van der Waals surface area contributed by atoms with Gasteiger partial charge in [-0.25, -0.2) is 4.98 Å². The molecule has 1 amide bonds. The molecule has 8 rings (SSSR count). The third-order valence-electron chi connectivity index (χ3n) is 8.93. The van der Waals surface area contributed by atoms with Crippen LogP contribution in [-0.4, -0.2) is 42.6 Å². The Kier molecular flexibility index (Phi) is 6.03. The van der Waals surface area contributed by atoms with E-state index in [4.69, 9.17) is 5.11 Å². The van der Waals surface area contributed by atoms with E-state index in [2.05, 4.69) is 30.9 Å². The molecule has 4 saturated carbocycles. The topological polar surface area (TPSA) is 118 Å². The normalized spacial score (nSPS) is 25.2. The van der Waals surface area contributed by atoms with Crippen molar-refractivity contribution in [1.82, 2.24) is 30.3 Å². The van der Waals surface area contributed by atoms with Gasteiger partial charge in [-0.05, 0) is 98.1 Å². The van der Waals surface area contributed by atoms with Gasteiger partial charge >= 0.3 is 0 Å². The Morgan fingerprint density at radius 2 is 1.74 bits per heavy atom. The minimum atomic E-state index is -0.145. The predicted molar refractivity (Wildman–Crippen MR) is 147 cm³/mol. The fraction of sp³-hybridized carbons (Fsp3) is 0.433. The summed E-state index contributed by atoms with van der Waals surface area (Å²) < 4.78 is 1.71. The molecule has 2 aromatic heterocycles. The molecule has 2 heterocycles. The highest BCUT2D eigenvalue weighted by Crippen LogP contribution is 2.60. The third kappa shape index (κ3) is 4.65. The Labute approximate surface area is 227 Å². The van der Waals surface area contributed by atoms with Crippen molar-refractivity contribution in [3.05, 3.63) is 65.9 Å². The van der Waals surface area contributed by atoms with Crippen LogP contribution in [0.4, 0.5) is 11.6 Å². The molecule has 3 N–H and O–H groups in total. The van der Waals surface area contributed by atoms with Crippen molar-refractivity contribution in [2.24, 2.45) is 23.2 Å². The summed E-state index contributed by atoms with van der Waals surface area (Å²) in [6.45, 7) is 0.619. The van der Waals surface area contributed by atoms with Crippen LogP contribution in [0.15, 0.2) is 54.7 Å². The van der Waals surface area contributed by atoms with Crippen molar-refractivity contribution < 1.29 is 9.90 Å². The zero-order chi connectivity index (χ0) is 26.4. The largest absolute Gasteiger partial charge is 0.396 e. The van der Waals surface area contributed by atoms with Gasteiger partial charge in [0, 0.05) is 24.3 Å². The van der Waals surface area contributed by atoms with Gasteiger partial charge in [-0.3, -0.25) is 4.79 Å². The first kappa shape index (κ1) is 24.2. The molecular weight excluding hydrogens is 490 g/mol. The second-order valence-electron chi connectivity index (χ2n) is 11.7. The lowest BCUT2D eigenvalue weighted by molar-refractivity contribution is -0.146. The lowest BCUT2D eigenvalue weighted by atomic mass is 9.49. The van der Waals surface area contributed by atoms with Crippen molar-refractivity contribution in [2.45, 2.75) is 51.5 Å². The number of aliphatic hydroxyl groups is 1. The zero-order valence-corrected chi connectivity index (χ0v) is 21.9. The molecule has 9 heteroatoms. The first-order chi connectivity index (χ1) is 19.1. The van der Waals surface area contributed by atoms with Gasteiger partial charge in [-0.2, -0.15) is 9.67 Å². The maximum atomic E-state index is 13.4. The Morgan fingerprint density at radius 1 is 1.00 bits per heavy atom. The number of nitrogens with one attached hydrogen (secondary N) is 2. The number of hydrogen-bond acceptors (Lipinski definition) is 7. The smallest absolute Gasteiger partial charge is 0.229 e. The van der Waals surface area contributed by atoms with Gasteiger partial charge in [-0.1, -0.05) is 29.5 Å². The number of benzene rings is 2. The van der Waals surface area contributed by atoms with Crippen molar-refractivity contribution in [1.29, 1.82) is 0 Å². The number of amides is 1. The van der Waals surface area contributed by atoms with E-state index >= 15 is 0 Å². The zero-order valence-electron chi connectivity index (χ0n) is 21.9. The molecule has 0 atom stereocenters. The molecule has 0 aliphatic heterocycles. The molecule has 200 valence electrons. The highest BCUT2D eigenvalue weighted by molar-refractivity contribution is 5.83. The van der Waals surface area contributed by atoms with Crippen LogP contribution in [0.25, 0.3) is 16.9 Å². The summed E-state index contributed by atoms with van der Waals surface area (Å²) in [7, 11) is 0. The van der Waals surface area contributed by atoms with E-state index in [9.17, 15) is 4.79 Å². The van der Waals surface area contributed by atoms with E-state index in [0.29, 0.717) is 30.1 Å². The van der Waals surface area contributed by atoms with Crippen LogP contribution in [0.1, 0.15) is 49.7 Å². The Balaban J connectivity index is 1.07. The Morgan fingerprint density at radius 3 is 2.46 bits per heavy atom. The first-order valence-corrected chi connectivity index (χ1v) is 14.0. The Hall–Kier alpha value is -3.85. The monoisotopic (exact) mass is 523 g/mol. The van der Waals surface area contributed by atoms with Gasteiger partial charge in [0.2, 0.25) is 11.9 Å². The highest BCUT2D eigenvalue weighted by atomic mass is 16.3. The number of carbonyl (C=O) groups excluding carboxylic acids is 1. The molecule has 4 aliphatic rings. The van der Waals surface area contributed by atoms with Gasteiger partial charge in [0.15, 0.2) is 11.2 Å². The molecule has 39 heavy (non-hydrogen) atoms. The van der Waals surface area contributed by atoms with Crippen LogP contribution in [0.5, 0.6) is 0 Å². The molecule has 0 radical (unpaired) electrons. The molecule has 0 unspecified atom stereocenters. The SMILES string of the molecule is O=C(NCc1cccc(-n2nnc3cnc(Nc4ccc(CCO)cc4)nc32)c1)C12CC3CC(CC(C3)C1)C2. The molecule has 2 aromatic carbocycles. The number of aromatic nitrogens is 5. The summed E-state index contributed by atoms with van der Waals surface area (Å²) in [5.74, 6) is 2.93. The van der Waals surface area contributed by atoms with E-state index in [1.807, 2.05) is 48.5 Å². The maximum absolute atomic E-state index is 13.4. The average Bonchev–Trinajstić information content (AvgIpc) is 3.36. The summed E-state index contributed by atoms with van der Waals surface area (Å²) in [4.78, 5) is 22.5. The second-order valence-corrected chi connectivity index (χ2v) is 11.7. The summed E-state index contributed by atoms with van der Waals surface area (Å²) in [6, 6.07) is 15.8. The van der Waals surface area contributed by atoms with E-state index in [0.717, 1.165) is 59.5 Å². The van der Waals surface area contributed by atoms with Crippen molar-refractivity contribution in [2.75, 3.05) is 11.9 Å². The van der Waals surface area contributed by atoms with Crippen LogP contribution in [0, 0.1) is 23.2 Å². The third-order valence-corrected chi connectivity index (χ3v) is 8.93. The quantitative estimate of drug-likeness (QED) is 0.315. The number of carbonyl (C=O) groups is 1. The predicted octanol–water partition coefficient (Wildman–Crippen LogP) is 4.32. The summed E-state index contributed by atoms with van der Waals surface area (Å²) in [5, 5.41) is 24.2. The van der Waals surface area contributed by atoms with Crippen molar-refractivity contribution in [3.63, 3.8) is 0 Å². The fourth-order valence-corrected chi connectivity index (χ4v) is 7.53. The molecule has 4 bridgehead atoms. The van der Waals surface area contributed by atoms with Gasteiger partial charge in [0.25, 0.3) is 0 Å². The molecule has 4 fully saturated rings. The van der Waals surface area contributed by atoms with E-state index in [1.54, 1.807) is 10.9 Å². The van der Waals surface area contributed by atoms with Crippen LogP contribution < -0.4 is 10.6 Å². The van der Waals surface area contributed by atoms with E-state index < -0.39 is 0 Å². The van der Waals surface area contributed by atoms with Gasteiger partial charge in [0.1, 0.15) is 0 Å². The van der Waals surface area contributed by atoms with E-state index in [1.165, 1.54) is 19.3 Å². The van der Waals surface area contributed by atoms with Crippen molar-refractivity contribution in [3.8, 4) is 5.69 Å². The average molecular weight is 524 g/mol. The maximum Gasteiger partial charge on any atom is 0.229 e. The number of aliphatic hydroxyl groups excluding tert-OH is 1. The van der Waals surface area contributed by atoms with Crippen LogP contribution in [-0.2, 0) is 17.8 Å². The van der Waals surface area contributed by atoms with Crippen LogP contribution in [0.3, 0.4) is 0 Å². The van der Waals surface area contributed by atoms with Gasteiger partial charge in [-0.15, -0.1) is 5.10 Å². The minimum Gasteiger partial charge on any atom is -0.396 e. The van der Waals surface area contributed by atoms with Crippen molar-refractivity contribution >= 4 is 28.7 Å². The highest BCUT2D eigenvalue weighted by Gasteiger charge is 2.54. The second kappa shape index (κ2) is 9.72. The standard InChI is InChI=1S/C30H33N7O2/c38-9-8-19-4-6-24(7-5-19)33-29-32-18-26-27(34-29)37(36-35-26)25-3-1-2-20(13-25)17-31-28(39)30-14-21-10-22(15-30)12-23(11-21)16-30/h1-7,13,18,21-23,38H,8-12,14-17H2,(H,31,39)(H,32,33,34). The summed E-state index contributed by atoms with van der Waals surface area (Å²) >= 11 is 0. The van der Waals surface area contributed by atoms with Gasteiger partial charge < -0.3 is 15.7 Å². The minimum absolute atomic E-state index is 0.124. The first-order valence-electron chi connectivity index (χ1n) is 14.0. The van der Waals surface area contributed by atoms with Gasteiger partial charge in [0.05, 0.1) is 11.9 Å². The Bertz CT molecular complexity index is 1480. The molecule has 0 spiro atoms. The fourth-order valence-electron chi connectivity index (χ4n) is 7.53. The lowest BCUT2D eigenvalue weighted by Gasteiger charge is -2.55. The van der Waals surface area contributed by atoms with Crippen LogP contribution >= 0.6 is 0 Å². The molecule has 4 aromatic rings. The summed E-state index contributed by atoms with van der Waals surface area (Å²) in [6.07, 6.45) is 9.48. The number of rotatable bonds is 8. The number of anilines is 2. The van der Waals surface area contributed by atoms with E-state index in [-0.39, 0.29) is 17.9 Å². The molecule has 0 saturated heterocycles. The number of fused-ring (bicyclic) bond motifs is 1. The molecule has 4 aliphatic carbocycles. The number of nitrogens with zero attached hydrogens (tertiary/aromatic N) is 5. The molecular formula is C30H33N7O2.